The number of nitrogens with zero attached hydrogens (tertiary/aromatic N) is 3. The summed E-state index contributed by atoms with van der Waals surface area (Å²) in [5.74, 6) is 0.0924. The molecule has 0 aliphatic heterocycles. The van der Waals surface area contributed by atoms with E-state index in [1.807, 2.05) is 25.1 Å². The van der Waals surface area contributed by atoms with Crippen molar-refractivity contribution in [2.24, 2.45) is 0 Å². The van der Waals surface area contributed by atoms with Crippen molar-refractivity contribution in [1.82, 2.24) is 10.2 Å². The molecule has 0 bridgehead atoms. The summed E-state index contributed by atoms with van der Waals surface area (Å²) in [5.41, 5.74) is 2.36. The molecule has 0 saturated carbocycles. The van der Waals surface area contributed by atoms with Crippen LogP contribution in [-0.2, 0) is 10.0 Å². The van der Waals surface area contributed by atoms with Crippen molar-refractivity contribution in [3.05, 3.63) is 66.1 Å². The Kier molecular flexibility index (Phi) is 5.46. The Hall–Kier alpha value is -3.20. The molecular formula is C19H20FN5O2S. The highest BCUT2D eigenvalue weighted by Gasteiger charge is 2.17. The normalized spacial score (nSPS) is 11.1. The van der Waals surface area contributed by atoms with Gasteiger partial charge in [-0.2, -0.15) is 5.10 Å². The second-order valence-electron chi connectivity index (χ2n) is 6.41. The first-order valence-corrected chi connectivity index (χ1v) is 9.89. The minimum atomic E-state index is -3.81. The summed E-state index contributed by atoms with van der Waals surface area (Å²) in [6.07, 6.45) is 1.65. The van der Waals surface area contributed by atoms with Crippen molar-refractivity contribution in [2.45, 2.75) is 11.8 Å². The second-order valence-corrected chi connectivity index (χ2v) is 8.06. The van der Waals surface area contributed by atoms with E-state index in [4.69, 9.17) is 0 Å². The zero-order valence-electron chi connectivity index (χ0n) is 15.6. The lowest BCUT2D eigenvalue weighted by Crippen LogP contribution is -2.14. The van der Waals surface area contributed by atoms with Gasteiger partial charge in [0.15, 0.2) is 5.82 Å². The molecule has 7 nitrogen and oxygen atoms in total. The third-order valence-corrected chi connectivity index (χ3v) is 5.53. The SMILES string of the molecule is Cc1cc(F)ccc1S(=O)(=O)Nc1ccc(Nc2cc(N(C)C)cnn2)cc1. The highest BCUT2D eigenvalue weighted by Crippen LogP contribution is 2.23. The topological polar surface area (TPSA) is 87.2 Å². The highest BCUT2D eigenvalue weighted by molar-refractivity contribution is 7.92. The Morgan fingerprint density at radius 1 is 1.00 bits per heavy atom. The Morgan fingerprint density at radius 3 is 2.32 bits per heavy atom. The van der Waals surface area contributed by atoms with E-state index < -0.39 is 15.8 Å². The van der Waals surface area contributed by atoms with E-state index in [0.717, 1.165) is 17.4 Å². The molecule has 0 spiro atoms. The van der Waals surface area contributed by atoms with E-state index in [1.54, 1.807) is 37.4 Å². The van der Waals surface area contributed by atoms with E-state index in [0.29, 0.717) is 17.1 Å². The summed E-state index contributed by atoms with van der Waals surface area (Å²) in [5, 5.41) is 11.1. The molecule has 9 heteroatoms. The molecule has 2 aromatic carbocycles. The van der Waals surface area contributed by atoms with Gasteiger partial charge in [0.1, 0.15) is 5.82 Å². The number of nitrogens with one attached hydrogen (secondary N) is 2. The number of hydrogen-bond acceptors (Lipinski definition) is 6. The van der Waals surface area contributed by atoms with Gasteiger partial charge >= 0.3 is 0 Å². The molecule has 28 heavy (non-hydrogen) atoms. The molecule has 0 radical (unpaired) electrons. The fraction of sp³-hybridized carbons (Fsp3) is 0.158. The predicted octanol–water partition coefficient (Wildman–Crippen LogP) is 3.53. The number of aromatic nitrogens is 2. The van der Waals surface area contributed by atoms with Crippen LogP contribution in [0.5, 0.6) is 0 Å². The molecule has 0 saturated heterocycles. The standard InChI is InChI=1S/C19H20FN5O2S/c1-13-10-14(20)4-9-18(13)28(26,27)24-16-7-5-15(6-8-16)22-19-11-17(25(2)3)12-21-23-19/h4-12,24H,1-3H3,(H,22,23). The molecule has 2 N–H and O–H groups in total. The molecule has 1 heterocycles. The van der Waals surface area contributed by atoms with Crippen LogP contribution in [0.1, 0.15) is 5.56 Å². The number of anilines is 4. The molecule has 3 aromatic rings. The fourth-order valence-electron chi connectivity index (χ4n) is 2.56. The average molecular weight is 401 g/mol. The summed E-state index contributed by atoms with van der Waals surface area (Å²) in [6.45, 7) is 1.55. The molecular weight excluding hydrogens is 381 g/mol. The van der Waals surface area contributed by atoms with Gasteiger partial charge in [-0.1, -0.05) is 0 Å². The molecule has 0 aliphatic carbocycles. The molecule has 0 atom stereocenters. The molecule has 1 aromatic heterocycles. The van der Waals surface area contributed by atoms with Crippen LogP contribution < -0.4 is 14.9 Å². The summed E-state index contributed by atoms with van der Waals surface area (Å²) < 4.78 is 40.8. The first-order valence-electron chi connectivity index (χ1n) is 8.41. The molecule has 0 aliphatic rings. The molecule has 0 fully saturated rings. The van der Waals surface area contributed by atoms with Gasteiger partial charge in [-0.05, 0) is 55.0 Å². The maximum Gasteiger partial charge on any atom is 0.262 e. The summed E-state index contributed by atoms with van der Waals surface area (Å²) in [7, 11) is 0.00196. The smallest absolute Gasteiger partial charge is 0.262 e. The van der Waals surface area contributed by atoms with Crippen LogP contribution in [-0.4, -0.2) is 32.7 Å². The minimum absolute atomic E-state index is 0.0341. The predicted molar refractivity (Wildman–Crippen MR) is 108 cm³/mol. The van der Waals surface area contributed by atoms with Crippen LogP contribution in [0.4, 0.5) is 27.3 Å². The maximum atomic E-state index is 13.2. The van der Waals surface area contributed by atoms with Crippen molar-refractivity contribution < 1.29 is 12.8 Å². The lowest BCUT2D eigenvalue weighted by atomic mass is 10.2. The summed E-state index contributed by atoms with van der Waals surface area (Å²) in [6, 6.07) is 12.1. The first kappa shape index (κ1) is 19.6. The van der Waals surface area contributed by atoms with Gasteiger partial charge in [-0.25, -0.2) is 12.8 Å². The van der Waals surface area contributed by atoms with E-state index in [-0.39, 0.29) is 4.90 Å². The molecule has 146 valence electrons. The number of hydrogen-bond donors (Lipinski definition) is 2. The Balaban J connectivity index is 1.75. The van der Waals surface area contributed by atoms with Gasteiger partial charge < -0.3 is 10.2 Å². The number of halogens is 1. The zero-order valence-corrected chi connectivity index (χ0v) is 16.5. The van der Waals surface area contributed by atoms with Crippen molar-refractivity contribution in [3.63, 3.8) is 0 Å². The Bertz CT molecular complexity index is 1090. The maximum absolute atomic E-state index is 13.2. The van der Waals surface area contributed by atoms with E-state index in [2.05, 4.69) is 20.2 Å². The summed E-state index contributed by atoms with van der Waals surface area (Å²) >= 11 is 0. The van der Waals surface area contributed by atoms with Gasteiger partial charge in [-0.3, -0.25) is 4.72 Å². The third kappa shape index (κ3) is 4.55. The van der Waals surface area contributed by atoms with Gasteiger partial charge in [-0.15, -0.1) is 5.10 Å². The van der Waals surface area contributed by atoms with E-state index >= 15 is 0 Å². The highest BCUT2D eigenvalue weighted by atomic mass is 32.2. The van der Waals surface area contributed by atoms with Crippen molar-refractivity contribution in [2.75, 3.05) is 29.0 Å². The van der Waals surface area contributed by atoms with Crippen LogP contribution in [0.25, 0.3) is 0 Å². The van der Waals surface area contributed by atoms with Crippen molar-refractivity contribution in [1.29, 1.82) is 0 Å². The number of sulfonamides is 1. The largest absolute Gasteiger partial charge is 0.376 e. The van der Waals surface area contributed by atoms with Gasteiger partial charge in [0, 0.05) is 31.5 Å². The number of rotatable bonds is 6. The van der Waals surface area contributed by atoms with Gasteiger partial charge in [0.25, 0.3) is 10.0 Å². The average Bonchev–Trinajstić information content (AvgIpc) is 2.63. The Labute approximate surface area is 163 Å². The second kappa shape index (κ2) is 7.81. The van der Waals surface area contributed by atoms with Crippen molar-refractivity contribution in [3.8, 4) is 0 Å². The molecule has 3 rings (SSSR count). The molecule has 0 amide bonds. The molecule has 0 unspecified atom stereocenters. The van der Waals surface area contributed by atoms with Crippen LogP contribution in [0, 0.1) is 12.7 Å². The quantitative estimate of drug-likeness (QED) is 0.657. The van der Waals surface area contributed by atoms with E-state index in [1.165, 1.54) is 12.1 Å². The lowest BCUT2D eigenvalue weighted by Gasteiger charge is -2.13. The third-order valence-electron chi connectivity index (χ3n) is 3.99. The monoisotopic (exact) mass is 401 g/mol. The van der Waals surface area contributed by atoms with E-state index in [9.17, 15) is 12.8 Å². The van der Waals surface area contributed by atoms with Crippen LogP contribution in [0.2, 0.25) is 0 Å². The minimum Gasteiger partial charge on any atom is -0.376 e. The first-order chi connectivity index (χ1) is 13.2. The van der Waals surface area contributed by atoms with Crippen LogP contribution in [0.15, 0.2) is 59.6 Å². The fourth-order valence-corrected chi connectivity index (χ4v) is 3.84. The number of benzene rings is 2. The van der Waals surface area contributed by atoms with Crippen LogP contribution in [0.3, 0.4) is 0 Å². The number of aryl methyl sites for hydroxylation is 1. The lowest BCUT2D eigenvalue weighted by molar-refractivity contribution is 0.598. The summed E-state index contributed by atoms with van der Waals surface area (Å²) in [4.78, 5) is 1.95. The zero-order chi connectivity index (χ0) is 20.3. The van der Waals surface area contributed by atoms with Crippen molar-refractivity contribution >= 4 is 32.9 Å². The Morgan fingerprint density at radius 2 is 1.68 bits per heavy atom. The van der Waals surface area contributed by atoms with Gasteiger partial charge in [0.2, 0.25) is 0 Å². The van der Waals surface area contributed by atoms with Crippen LogP contribution >= 0.6 is 0 Å². The van der Waals surface area contributed by atoms with Gasteiger partial charge in [0.05, 0.1) is 16.8 Å².